The van der Waals surface area contributed by atoms with Gasteiger partial charge in [0.25, 0.3) is 11.6 Å². The minimum Gasteiger partial charge on any atom is -0.423 e. The van der Waals surface area contributed by atoms with Crippen LogP contribution in [0.1, 0.15) is 32.7 Å². The molecule has 0 heterocycles. The second-order valence-corrected chi connectivity index (χ2v) is 7.45. The molecule has 0 aliphatic heterocycles. The highest BCUT2D eigenvalue weighted by Gasteiger charge is 2.12. The van der Waals surface area contributed by atoms with E-state index in [9.17, 15) is 24.5 Å². The maximum absolute atomic E-state index is 12.2. The normalized spacial score (nSPS) is 10.5. The summed E-state index contributed by atoms with van der Waals surface area (Å²) in [5.74, 6) is -1.25. The second kappa shape index (κ2) is 12.1. The number of nitrogens with zero attached hydrogens (tertiary/aromatic N) is 2. The Morgan fingerprint density at radius 1 is 1.03 bits per heavy atom. The van der Waals surface area contributed by atoms with Crippen molar-refractivity contribution in [2.24, 2.45) is 5.10 Å². The van der Waals surface area contributed by atoms with Crippen molar-refractivity contribution in [1.82, 2.24) is 10.7 Å². The fourth-order valence-electron chi connectivity index (χ4n) is 2.81. The molecule has 0 aliphatic carbocycles. The largest absolute Gasteiger partial charge is 0.423 e. The van der Waals surface area contributed by atoms with Crippen LogP contribution in [0.4, 0.5) is 5.69 Å². The number of benzene rings is 3. The molecule has 2 amide bonds. The first-order valence-corrected chi connectivity index (χ1v) is 10.6. The lowest BCUT2D eigenvalue weighted by Crippen LogP contribution is -2.29. The quantitative estimate of drug-likeness (QED) is 0.153. The summed E-state index contributed by atoms with van der Waals surface area (Å²) in [7, 11) is 0. The van der Waals surface area contributed by atoms with E-state index in [4.69, 9.17) is 16.3 Å². The molecule has 2 N–H and O–H groups in total. The van der Waals surface area contributed by atoms with Gasteiger partial charge in [-0.1, -0.05) is 35.9 Å². The molecule has 0 atom stereocenters. The topological polar surface area (TPSA) is 140 Å². The molecule has 0 bridgehead atoms. The van der Waals surface area contributed by atoms with Crippen molar-refractivity contribution < 1.29 is 24.0 Å². The van der Waals surface area contributed by atoms with Crippen molar-refractivity contribution >= 4 is 41.3 Å². The molecule has 0 fully saturated rings. The van der Waals surface area contributed by atoms with Gasteiger partial charge in [-0.05, 0) is 42.0 Å². The molecule has 0 radical (unpaired) electrons. The minimum atomic E-state index is -0.680. The van der Waals surface area contributed by atoms with Gasteiger partial charge in [0.05, 0.1) is 27.3 Å². The number of amides is 2. The van der Waals surface area contributed by atoms with Crippen LogP contribution >= 0.6 is 11.6 Å². The van der Waals surface area contributed by atoms with Gasteiger partial charge in [-0.2, -0.15) is 5.10 Å². The molecule has 3 rings (SSSR count). The second-order valence-electron chi connectivity index (χ2n) is 7.04. The number of hydrogen-bond donors (Lipinski definition) is 2. The van der Waals surface area contributed by atoms with Crippen molar-refractivity contribution in [1.29, 1.82) is 0 Å². The van der Waals surface area contributed by atoms with E-state index in [2.05, 4.69) is 15.8 Å². The first kappa shape index (κ1) is 25.1. The van der Waals surface area contributed by atoms with Gasteiger partial charge in [-0.25, -0.2) is 10.2 Å². The summed E-state index contributed by atoms with van der Waals surface area (Å²) >= 11 is 5.96. The number of esters is 1. The Hall–Kier alpha value is -4.57. The first-order valence-electron chi connectivity index (χ1n) is 10.2. The van der Waals surface area contributed by atoms with Gasteiger partial charge in [-0.3, -0.25) is 19.7 Å². The molecule has 3 aromatic carbocycles. The van der Waals surface area contributed by atoms with E-state index < -0.39 is 16.8 Å². The number of nitro groups is 1. The van der Waals surface area contributed by atoms with E-state index in [0.29, 0.717) is 16.1 Å². The zero-order valence-corrected chi connectivity index (χ0v) is 18.9. The number of carbonyl (C=O) groups is 3. The Kier molecular flexibility index (Phi) is 8.63. The molecule has 0 unspecified atom stereocenters. The minimum absolute atomic E-state index is 0.000419. The number of hydrazone groups is 1. The van der Waals surface area contributed by atoms with Crippen LogP contribution in [-0.2, 0) is 4.79 Å². The van der Waals surface area contributed by atoms with E-state index in [1.807, 2.05) is 0 Å². The number of hydrogen-bond acceptors (Lipinski definition) is 7. The van der Waals surface area contributed by atoms with Gasteiger partial charge in [0.2, 0.25) is 5.91 Å². The number of carbonyl (C=O) groups excluding carboxylic acids is 3. The fourth-order valence-corrected chi connectivity index (χ4v) is 3.03. The Morgan fingerprint density at radius 2 is 1.77 bits per heavy atom. The Morgan fingerprint density at radius 3 is 2.49 bits per heavy atom. The third-order valence-corrected chi connectivity index (χ3v) is 4.87. The lowest BCUT2D eigenvalue weighted by molar-refractivity contribution is -0.384. The summed E-state index contributed by atoms with van der Waals surface area (Å²) in [6.45, 7) is 0.0967. The van der Waals surface area contributed by atoms with Crippen LogP contribution in [0, 0.1) is 10.1 Å². The molecule has 35 heavy (non-hydrogen) atoms. The first-order chi connectivity index (χ1) is 16.8. The summed E-state index contributed by atoms with van der Waals surface area (Å²) in [4.78, 5) is 46.4. The molecule has 0 aromatic heterocycles. The van der Waals surface area contributed by atoms with Crippen LogP contribution in [0.25, 0.3) is 0 Å². The van der Waals surface area contributed by atoms with E-state index in [1.165, 1.54) is 36.5 Å². The molecule has 10 nitrogen and oxygen atoms in total. The van der Waals surface area contributed by atoms with E-state index in [0.717, 1.165) is 0 Å². The van der Waals surface area contributed by atoms with Crippen molar-refractivity contribution in [3.8, 4) is 5.75 Å². The van der Waals surface area contributed by atoms with Gasteiger partial charge in [-0.15, -0.1) is 0 Å². The highest BCUT2D eigenvalue weighted by atomic mass is 35.5. The molecule has 3 aromatic rings. The van der Waals surface area contributed by atoms with E-state index >= 15 is 0 Å². The zero-order chi connectivity index (χ0) is 25.2. The monoisotopic (exact) mass is 494 g/mol. The average molecular weight is 495 g/mol. The van der Waals surface area contributed by atoms with Crippen molar-refractivity contribution in [2.45, 2.75) is 6.42 Å². The van der Waals surface area contributed by atoms with Gasteiger partial charge < -0.3 is 10.1 Å². The Balaban J connectivity index is 1.46. The van der Waals surface area contributed by atoms with Crippen molar-refractivity contribution in [3.63, 3.8) is 0 Å². The van der Waals surface area contributed by atoms with Crippen LogP contribution in [0.15, 0.2) is 77.9 Å². The standard InChI is InChI=1S/C24H19ClN4O6/c25-21-7-2-1-6-20(21)23(31)26-13-12-22(30)28-27-15-16-4-3-5-19(14-16)35-24(32)17-8-10-18(11-9-17)29(33)34/h1-11,14-15H,12-13H2,(H,26,31)(H,28,30). The molecule has 0 saturated carbocycles. The number of rotatable bonds is 9. The highest BCUT2D eigenvalue weighted by molar-refractivity contribution is 6.33. The number of ether oxygens (including phenoxy) is 1. The molecule has 0 saturated heterocycles. The number of halogens is 1. The predicted octanol–water partition coefficient (Wildman–Crippen LogP) is 3.74. The van der Waals surface area contributed by atoms with Crippen molar-refractivity contribution in [3.05, 3.63) is 105 Å². The summed E-state index contributed by atoms with van der Waals surface area (Å²) in [5, 5.41) is 17.5. The third-order valence-electron chi connectivity index (χ3n) is 4.54. The van der Waals surface area contributed by atoms with Crippen LogP contribution in [0.5, 0.6) is 5.75 Å². The number of non-ortho nitro benzene ring substituents is 1. The zero-order valence-electron chi connectivity index (χ0n) is 18.1. The molecule has 0 spiro atoms. The van der Waals surface area contributed by atoms with Crippen LogP contribution < -0.4 is 15.5 Å². The van der Waals surface area contributed by atoms with Gasteiger partial charge in [0.15, 0.2) is 0 Å². The third kappa shape index (κ3) is 7.47. The van der Waals surface area contributed by atoms with E-state index in [1.54, 1.807) is 42.5 Å². The lowest BCUT2D eigenvalue weighted by atomic mass is 10.2. The summed E-state index contributed by atoms with van der Waals surface area (Å²) in [6.07, 6.45) is 1.36. The van der Waals surface area contributed by atoms with Gasteiger partial charge in [0, 0.05) is 25.1 Å². The molecule has 11 heteroatoms. The fraction of sp³-hybridized carbons (Fsp3) is 0.0833. The lowest BCUT2D eigenvalue weighted by Gasteiger charge is -2.06. The summed E-state index contributed by atoms with van der Waals surface area (Å²) in [6, 6.07) is 18.0. The van der Waals surface area contributed by atoms with Crippen LogP contribution in [-0.4, -0.2) is 35.5 Å². The van der Waals surface area contributed by atoms with Crippen molar-refractivity contribution in [2.75, 3.05) is 6.54 Å². The van der Waals surface area contributed by atoms with Gasteiger partial charge in [0.1, 0.15) is 5.75 Å². The number of nitro benzene ring substituents is 1. The molecular weight excluding hydrogens is 476 g/mol. The molecular formula is C24H19ClN4O6. The molecule has 0 aliphatic rings. The van der Waals surface area contributed by atoms with E-state index in [-0.39, 0.29) is 35.9 Å². The van der Waals surface area contributed by atoms with Gasteiger partial charge >= 0.3 is 5.97 Å². The van der Waals surface area contributed by atoms with Crippen LogP contribution in [0.2, 0.25) is 5.02 Å². The smallest absolute Gasteiger partial charge is 0.343 e. The van der Waals surface area contributed by atoms with Crippen LogP contribution in [0.3, 0.4) is 0 Å². The maximum Gasteiger partial charge on any atom is 0.343 e. The Bertz CT molecular complexity index is 1280. The highest BCUT2D eigenvalue weighted by Crippen LogP contribution is 2.17. The maximum atomic E-state index is 12.2. The average Bonchev–Trinajstić information content (AvgIpc) is 2.84. The Labute approximate surface area is 204 Å². The summed E-state index contributed by atoms with van der Waals surface area (Å²) < 4.78 is 5.28. The predicted molar refractivity (Wildman–Crippen MR) is 129 cm³/mol. The summed E-state index contributed by atoms with van der Waals surface area (Å²) in [5.41, 5.74) is 3.24. The number of nitrogens with one attached hydrogen (secondary N) is 2. The SMILES string of the molecule is O=C(CCNC(=O)c1ccccc1Cl)NN=Cc1cccc(OC(=O)c2ccc([N+](=O)[O-])cc2)c1. The molecule has 178 valence electrons.